The Morgan fingerprint density at radius 2 is 1.89 bits per heavy atom. The highest BCUT2D eigenvalue weighted by molar-refractivity contribution is 5.96. The Kier molecular flexibility index (Phi) is 7.27. The summed E-state index contributed by atoms with van der Waals surface area (Å²) in [7, 11) is 0. The van der Waals surface area contributed by atoms with Gasteiger partial charge in [0.05, 0.1) is 6.20 Å². The van der Waals surface area contributed by atoms with Crippen molar-refractivity contribution < 1.29 is 19.1 Å². The first-order chi connectivity index (χ1) is 12.8. The van der Waals surface area contributed by atoms with Gasteiger partial charge in [0.2, 0.25) is 5.91 Å². The monoisotopic (exact) mass is 376 g/mol. The van der Waals surface area contributed by atoms with E-state index in [1.54, 1.807) is 20.8 Å². The van der Waals surface area contributed by atoms with Crippen LogP contribution in [-0.2, 0) is 14.3 Å². The molecule has 2 rings (SSSR count). The summed E-state index contributed by atoms with van der Waals surface area (Å²) >= 11 is 0. The topological polar surface area (TPSA) is 110 Å². The minimum Gasteiger partial charge on any atom is -0.459 e. The Balaban J connectivity index is 2.01. The molecule has 1 unspecified atom stereocenters. The lowest BCUT2D eigenvalue weighted by molar-refractivity contribution is -0.154. The number of rotatable bonds is 6. The predicted molar refractivity (Wildman–Crippen MR) is 98.7 cm³/mol. The van der Waals surface area contributed by atoms with Crippen LogP contribution in [0.1, 0.15) is 63.4 Å². The fourth-order valence-corrected chi connectivity index (χ4v) is 3.14. The Morgan fingerprint density at radius 3 is 2.48 bits per heavy atom. The third-order valence-electron chi connectivity index (χ3n) is 4.31. The van der Waals surface area contributed by atoms with Crippen LogP contribution >= 0.6 is 0 Å². The van der Waals surface area contributed by atoms with Gasteiger partial charge in [0, 0.05) is 12.4 Å². The molecule has 1 aliphatic rings. The summed E-state index contributed by atoms with van der Waals surface area (Å²) in [5.41, 5.74) is -0.469. The van der Waals surface area contributed by atoms with Gasteiger partial charge in [-0.05, 0) is 39.5 Å². The molecular weight excluding hydrogens is 348 g/mol. The number of carbonyl (C=O) groups excluding carboxylic acids is 3. The second-order valence-corrected chi connectivity index (χ2v) is 7.74. The highest BCUT2D eigenvalue weighted by Gasteiger charge is 2.32. The molecule has 0 spiro atoms. The van der Waals surface area contributed by atoms with E-state index in [1.165, 1.54) is 18.6 Å². The zero-order valence-corrected chi connectivity index (χ0v) is 16.2. The van der Waals surface area contributed by atoms with Crippen molar-refractivity contribution in [3.05, 3.63) is 24.3 Å². The molecule has 1 aliphatic carbocycles. The van der Waals surface area contributed by atoms with E-state index in [-0.39, 0.29) is 24.1 Å². The first kappa shape index (κ1) is 20.8. The largest absolute Gasteiger partial charge is 0.459 e. The van der Waals surface area contributed by atoms with Gasteiger partial charge in [0.1, 0.15) is 23.9 Å². The molecule has 1 fully saturated rings. The van der Waals surface area contributed by atoms with E-state index in [2.05, 4.69) is 20.6 Å². The highest BCUT2D eigenvalue weighted by atomic mass is 16.6. The first-order valence-corrected chi connectivity index (χ1v) is 9.33. The van der Waals surface area contributed by atoms with Crippen LogP contribution in [0.25, 0.3) is 0 Å². The molecular formula is C19H28N4O4. The Morgan fingerprint density at radius 1 is 1.19 bits per heavy atom. The lowest BCUT2D eigenvalue weighted by Gasteiger charge is -2.30. The quantitative estimate of drug-likeness (QED) is 0.730. The summed E-state index contributed by atoms with van der Waals surface area (Å²) in [6.07, 6.45) is 9.11. The number of ether oxygens (including phenoxy) is 1. The molecule has 27 heavy (non-hydrogen) atoms. The predicted octanol–water partition coefficient (Wildman–Crippen LogP) is 1.61. The van der Waals surface area contributed by atoms with Gasteiger partial charge in [-0.3, -0.25) is 19.4 Å². The van der Waals surface area contributed by atoms with Crippen molar-refractivity contribution >= 4 is 17.8 Å². The molecule has 0 saturated heterocycles. The SMILES string of the molecule is CC(C)(C)OC(=O)CNC(=O)C(NC(=O)c1cnccn1)C1CCCCC1. The smallest absolute Gasteiger partial charge is 0.325 e. The minimum absolute atomic E-state index is 0.0259. The van der Waals surface area contributed by atoms with Crippen molar-refractivity contribution in [2.75, 3.05) is 6.54 Å². The van der Waals surface area contributed by atoms with Gasteiger partial charge >= 0.3 is 5.97 Å². The molecule has 1 atom stereocenters. The summed E-state index contributed by atoms with van der Waals surface area (Å²) in [5.74, 6) is -1.33. The summed E-state index contributed by atoms with van der Waals surface area (Å²) in [5, 5.41) is 5.36. The van der Waals surface area contributed by atoms with Gasteiger partial charge in [-0.2, -0.15) is 0 Å². The number of nitrogens with zero attached hydrogens (tertiary/aromatic N) is 2. The van der Waals surface area contributed by atoms with Crippen molar-refractivity contribution in [3.8, 4) is 0 Å². The van der Waals surface area contributed by atoms with E-state index in [9.17, 15) is 14.4 Å². The Bertz CT molecular complexity index is 651. The van der Waals surface area contributed by atoms with E-state index >= 15 is 0 Å². The van der Waals surface area contributed by atoms with Gasteiger partial charge in [0.15, 0.2) is 0 Å². The lowest BCUT2D eigenvalue weighted by Crippen LogP contribution is -2.52. The molecule has 0 aromatic carbocycles. The summed E-state index contributed by atoms with van der Waals surface area (Å²) < 4.78 is 5.20. The fourth-order valence-electron chi connectivity index (χ4n) is 3.14. The number of hydrogen-bond donors (Lipinski definition) is 2. The van der Waals surface area contributed by atoms with Gasteiger partial charge in [-0.25, -0.2) is 4.98 Å². The maximum Gasteiger partial charge on any atom is 0.325 e. The molecule has 2 N–H and O–H groups in total. The molecule has 2 amide bonds. The maximum absolute atomic E-state index is 12.7. The second kappa shape index (κ2) is 9.43. The van der Waals surface area contributed by atoms with Crippen molar-refractivity contribution in [1.29, 1.82) is 0 Å². The summed E-state index contributed by atoms with van der Waals surface area (Å²) in [6.45, 7) is 5.05. The summed E-state index contributed by atoms with van der Waals surface area (Å²) in [6, 6.07) is -0.720. The van der Waals surface area contributed by atoms with Gasteiger partial charge in [-0.1, -0.05) is 19.3 Å². The van der Waals surface area contributed by atoms with Crippen LogP contribution in [-0.4, -0.2) is 45.9 Å². The van der Waals surface area contributed by atoms with E-state index in [0.29, 0.717) is 0 Å². The van der Waals surface area contributed by atoms with Crippen LogP contribution in [0.3, 0.4) is 0 Å². The number of carbonyl (C=O) groups is 3. The zero-order valence-electron chi connectivity index (χ0n) is 16.2. The van der Waals surface area contributed by atoms with E-state index in [1.807, 2.05) is 0 Å². The number of nitrogens with one attached hydrogen (secondary N) is 2. The third-order valence-corrected chi connectivity index (χ3v) is 4.31. The van der Waals surface area contributed by atoms with E-state index in [0.717, 1.165) is 32.1 Å². The lowest BCUT2D eigenvalue weighted by atomic mass is 9.83. The fraction of sp³-hybridized carbons (Fsp3) is 0.632. The summed E-state index contributed by atoms with van der Waals surface area (Å²) in [4.78, 5) is 44.9. The van der Waals surface area contributed by atoms with Gasteiger partial charge in [-0.15, -0.1) is 0 Å². The first-order valence-electron chi connectivity index (χ1n) is 9.33. The Labute approximate surface area is 159 Å². The van der Waals surface area contributed by atoms with Crippen molar-refractivity contribution in [2.45, 2.75) is 64.5 Å². The maximum atomic E-state index is 12.7. The van der Waals surface area contributed by atoms with Crippen LogP contribution in [0.5, 0.6) is 0 Å². The third kappa shape index (κ3) is 6.96. The molecule has 8 nitrogen and oxygen atoms in total. The van der Waals surface area contributed by atoms with Gasteiger partial charge < -0.3 is 15.4 Å². The number of amides is 2. The second-order valence-electron chi connectivity index (χ2n) is 7.74. The van der Waals surface area contributed by atoms with Crippen LogP contribution < -0.4 is 10.6 Å². The molecule has 1 aromatic heterocycles. The molecule has 1 aromatic rings. The molecule has 148 valence electrons. The number of aromatic nitrogens is 2. The van der Waals surface area contributed by atoms with Crippen molar-refractivity contribution in [2.24, 2.45) is 5.92 Å². The molecule has 0 radical (unpaired) electrons. The van der Waals surface area contributed by atoms with Crippen LogP contribution in [0, 0.1) is 5.92 Å². The molecule has 0 bridgehead atoms. The van der Waals surface area contributed by atoms with Crippen molar-refractivity contribution in [1.82, 2.24) is 20.6 Å². The minimum atomic E-state index is -0.720. The molecule has 1 saturated carbocycles. The normalized spacial score (nSPS) is 16.3. The standard InChI is InChI=1S/C19H28N4O4/c1-19(2,3)27-15(24)12-22-18(26)16(13-7-5-4-6-8-13)23-17(25)14-11-20-9-10-21-14/h9-11,13,16H,4-8,12H2,1-3H3,(H,22,26)(H,23,25). The molecule has 0 aliphatic heterocycles. The van der Waals surface area contributed by atoms with Crippen LogP contribution in [0.15, 0.2) is 18.6 Å². The molecule has 1 heterocycles. The van der Waals surface area contributed by atoms with Crippen LogP contribution in [0.2, 0.25) is 0 Å². The van der Waals surface area contributed by atoms with Crippen molar-refractivity contribution in [3.63, 3.8) is 0 Å². The average molecular weight is 376 g/mol. The zero-order chi connectivity index (χ0) is 19.9. The Hall–Kier alpha value is -2.51. The van der Waals surface area contributed by atoms with Gasteiger partial charge in [0.25, 0.3) is 5.91 Å². The molecule has 8 heteroatoms. The van der Waals surface area contributed by atoms with E-state index < -0.39 is 23.5 Å². The number of hydrogen-bond acceptors (Lipinski definition) is 6. The number of esters is 1. The average Bonchev–Trinajstić information content (AvgIpc) is 2.64. The highest BCUT2D eigenvalue weighted by Crippen LogP contribution is 2.26. The van der Waals surface area contributed by atoms with E-state index in [4.69, 9.17) is 4.74 Å². The van der Waals surface area contributed by atoms with Crippen LogP contribution in [0.4, 0.5) is 0 Å².